The Morgan fingerprint density at radius 1 is 1.80 bits per heavy atom. The van der Waals surface area contributed by atoms with Gasteiger partial charge in [-0.25, -0.2) is 0 Å². The Morgan fingerprint density at radius 3 is 3.30 bits per heavy atom. The van der Waals surface area contributed by atoms with Crippen LogP contribution >= 0.6 is 0 Å². The van der Waals surface area contributed by atoms with Gasteiger partial charge in [-0.1, -0.05) is 5.16 Å². The van der Waals surface area contributed by atoms with Gasteiger partial charge in [-0.15, -0.1) is 0 Å². The molecular formula is C7H14N2O. The van der Waals surface area contributed by atoms with Crippen LogP contribution in [0.1, 0.15) is 13.3 Å². The Bertz CT molecular complexity index is 108. The summed E-state index contributed by atoms with van der Waals surface area (Å²) in [4.78, 5) is 5.00. The molecule has 10 heavy (non-hydrogen) atoms. The molecule has 0 radical (unpaired) electrons. The fraction of sp³-hybridized carbons (Fsp3) is 0.857. The van der Waals surface area contributed by atoms with E-state index in [-0.39, 0.29) is 0 Å². The molecule has 0 saturated carbocycles. The third kappa shape index (κ3) is 2.35. The summed E-state index contributed by atoms with van der Waals surface area (Å²) >= 11 is 0. The summed E-state index contributed by atoms with van der Waals surface area (Å²) < 4.78 is 0. The SMILES string of the molecule is C/C=N\OCC1CCNC1. The van der Waals surface area contributed by atoms with Gasteiger partial charge in [-0.2, -0.15) is 0 Å². The van der Waals surface area contributed by atoms with E-state index in [1.807, 2.05) is 6.92 Å². The molecule has 0 amide bonds. The topological polar surface area (TPSA) is 33.6 Å². The van der Waals surface area contributed by atoms with Crippen molar-refractivity contribution in [1.29, 1.82) is 0 Å². The summed E-state index contributed by atoms with van der Waals surface area (Å²) in [6.07, 6.45) is 2.89. The van der Waals surface area contributed by atoms with E-state index >= 15 is 0 Å². The van der Waals surface area contributed by atoms with Crippen LogP contribution < -0.4 is 5.32 Å². The minimum Gasteiger partial charge on any atom is -0.396 e. The minimum absolute atomic E-state index is 0.670. The molecule has 0 bridgehead atoms. The molecule has 0 spiro atoms. The van der Waals surface area contributed by atoms with Gasteiger partial charge < -0.3 is 10.2 Å². The van der Waals surface area contributed by atoms with Gasteiger partial charge in [0.1, 0.15) is 6.61 Å². The third-order valence-electron chi connectivity index (χ3n) is 1.65. The molecule has 1 atom stereocenters. The van der Waals surface area contributed by atoms with Gasteiger partial charge >= 0.3 is 0 Å². The van der Waals surface area contributed by atoms with Crippen LogP contribution in [0.5, 0.6) is 0 Å². The number of hydrogen-bond donors (Lipinski definition) is 1. The zero-order chi connectivity index (χ0) is 7.23. The Balaban J connectivity index is 2.01. The Kier molecular flexibility index (Phi) is 3.22. The van der Waals surface area contributed by atoms with Gasteiger partial charge in [0.2, 0.25) is 0 Å². The first-order valence-electron chi connectivity index (χ1n) is 3.74. The second-order valence-electron chi connectivity index (χ2n) is 2.52. The van der Waals surface area contributed by atoms with Crippen LogP contribution in [0.4, 0.5) is 0 Å². The van der Waals surface area contributed by atoms with Crippen LogP contribution in [0.3, 0.4) is 0 Å². The molecular weight excluding hydrogens is 128 g/mol. The zero-order valence-corrected chi connectivity index (χ0v) is 6.34. The van der Waals surface area contributed by atoms with E-state index in [0.717, 1.165) is 19.7 Å². The molecule has 0 aromatic heterocycles. The van der Waals surface area contributed by atoms with Crippen molar-refractivity contribution >= 4 is 6.21 Å². The summed E-state index contributed by atoms with van der Waals surface area (Å²) in [6, 6.07) is 0. The average Bonchev–Trinajstić information content (AvgIpc) is 2.41. The molecule has 0 aliphatic carbocycles. The fourth-order valence-corrected chi connectivity index (χ4v) is 1.08. The first-order chi connectivity index (χ1) is 4.93. The lowest BCUT2D eigenvalue weighted by Gasteiger charge is -2.04. The van der Waals surface area contributed by atoms with Crippen molar-refractivity contribution in [3.63, 3.8) is 0 Å². The zero-order valence-electron chi connectivity index (χ0n) is 6.34. The number of rotatable bonds is 3. The van der Waals surface area contributed by atoms with Gasteiger partial charge in [-0.3, -0.25) is 0 Å². The molecule has 3 nitrogen and oxygen atoms in total. The maximum absolute atomic E-state index is 5.00. The van der Waals surface area contributed by atoms with Gasteiger partial charge in [0.05, 0.1) is 0 Å². The summed E-state index contributed by atoms with van der Waals surface area (Å²) in [5.41, 5.74) is 0. The predicted octanol–water partition coefficient (Wildman–Crippen LogP) is 0.618. The smallest absolute Gasteiger partial charge is 0.121 e. The molecule has 0 aromatic carbocycles. The second-order valence-corrected chi connectivity index (χ2v) is 2.52. The summed E-state index contributed by atoms with van der Waals surface area (Å²) in [5.74, 6) is 0.670. The van der Waals surface area contributed by atoms with E-state index < -0.39 is 0 Å². The second kappa shape index (κ2) is 4.28. The number of nitrogens with one attached hydrogen (secondary N) is 1. The molecule has 1 unspecified atom stereocenters. The monoisotopic (exact) mass is 142 g/mol. The minimum atomic E-state index is 0.670. The van der Waals surface area contributed by atoms with Crippen LogP contribution in [0.2, 0.25) is 0 Å². The molecule has 58 valence electrons. The van der Waals surface area contributed by atoms with Crippen LogP contribution in [0.15, 0.2) is 5.16 Å². The molecule has 1 heterocycles. The molecule has 1 N–H and O–H groups in total. The maximum Gasteiger partial charge on any atom is 0.121 e. The average molecular weight is 142 g/mol. The van der Waals surface area contributed by atoms with Crippen LogP contribution in [-0.4, -0.2) is 25.9 Å². The Morgan fingerprint density at radius 2 is 2.70 bits per heavy atom. The molecule has 1 rings (SSSR count). The van der Waals surface area contributed by atoms with Gasteiger partial charge in [-0.05, 0) is 19.9 Å². The van der Waals surface area contributed by atoms with Crippen LogP contribution in [0, 0.1) is 5.92 Å². The van der Waals surface area contributed by atoms with Crippen molar-refractivity contribution in [3.8, 4) is 0 Å². The molecule has 1 fully saturated rings. The van der Waals surface area contributed by atoms with E-state index in [4.69, 9.17) is 4.84 Å². The van der Waals surface area contributed by atoms with E-state index in [9.17, 15) is 0 Å². The Hall–Kier alpha value is -0.570. The summed E-state index contributed by atoms with van der Waals surface area (Å²) in [5, 5.41) is 6.95. The first-order valence-corrected chi connectivity index (χ1v) is 3.74. The quantitative estimate of drug-likeness (QED) is 0.463. The summed E-state index contributed by atoms with van der Waals surface area (Å²) in [6.45, 7) is 4.83. The fourth-order valence-electron chi connectivity index (χ4n) is 1.08. The normalized spacial score (nSPS) is 25.9. The lowest BCUT2D eigenvalue weighted by atomic mass is 10.1. The van der Waals surface area contributed by atoms with Gasteiger partial charge in [0.25, 0.3) is 0 Å². The van der Waals surface area contributed by atoms with E-state index in [2.05, 4.69) is 10.5 Å². The highest BCUT2D eigenvalue weighted by Crippen LogP contribution is 2.06. The van der Waals surface area contributed by atoms with Crippen molar-refractivity contribution in [3.05, 3.63) is 0 Å². The lowest BCUT2D eigenvalue weighted by Crippen LogP contribution is -2.12. The van der Waals surface area contributed by atoms with Crippen molar-refractivity contribution in [1.82, 2.24) is 5.32 Å². The largest absolute Gasteiger partial charge is 0.396 e. The highest BCUT2D eigenvalue weighted by molar-refractivity contribution is 5.52. The van der Waals surface area contributed by atoms with Gasteiger partial charge in [0.15, 0.2) is 0 Å². The summed E-state index contributed by atoms with van der Waals surface area (Å²) in [7, 11) is 0. The maximum atomic E-state index is 5.00. The first kappa shape index (κ1) is 7.54. The Labute approximate surface area is 61.4 Å². The van der Waals surface area contributed by atoms with Crippen LogP contribution in [-0.2, 0) is 4.84 Å². The lowest BCUT2D eigenvalue weighted by molar-refractivity contribution is 0.114. The number of oxime groups is 1. The highest BCUT2D eigenvalue weighted by atomic mass is 16.6. The van der Waals surface area contributed by atoms with Crippen molar-refractivity contribution in [2.24, 2.45) is 11.1 Å². The molecule has 1 saturated heterocycles. The molecule has 0 aromatic rings. The predicted molar refractivity (Wildman–Crippen MR) is 41.1 cm³/mol. The highest BCUT2D eigenvalue weighted by Gasteiger charge is 2.14. The van der Waals surface area contributed by atoms with Crippen LogP contribution in [0.25, 0.3) is 0 Å². The number of nitrogens with zero attached hydrogens (tertiary/aromatic N) is 1. The third-order valence-corrected chi connectivity index (χ3v) is 1.65. The van der Waals surface area contributed by atoms with Crippen molar-refractivity contribution in [2.45, 2.75) is 13.3 Å². The van der Waals surface area contributed by atoms with Crippen molar-refractivity contribution < 1.29 is 4.84 Å². The van der Waals surface area contributed by atoms with E-state index in [1.54, 1.807) is 6.21 Å². The molecule has 1 aliphatic heterocycles. The van der Waals surface area contributed by atoms with E-state index in [1.165, 1.54) is 6.42 Å². The molecule has 1 aliphatic rings. The molecule has 3 heteroatoms. The van der Waals surface area contributed by atoms with Crippen molar-refractivity contribution in [2.75, 3.05) is 19.7 Å². The standard InChI is InChI=1S/C7H14N2O/c1-2-9-10-6-7-3-4-8-5-7/h2,7-8H,3-6H2,1H3/b9-2-. The van der Waals surface area contributed by atoms with E-state index in [0.29, 0.717) is 5.92 Å². The number of hydrogen-bond acceptors (Lipinski definition) is 3. The van der Waals surface area contributed by atoms with Gasteiger partial charge in [0, 0.05) is 18.7 Å².